The molecule has 1 aromatic carbocycles. The van der Waals surface area contributed by atoms with Crippen LogP contribution in [0.1, 0.15) is 5.56 Å². The summed E-state index contributed by atoms with van der Waals surface area (Å²) in [7, 11) is 0. The van der Waals surface area contributed by atoms with Gasteiger partial charge in [-0.3, -0.25) is 4.98 Å². The summed E-state index contributed by atoms with van der Waals surface area (Å²) in [4.78, 5) is 7.92. The van der Waals surface area contributed by atoms with Crippen molar-refractivity contribution in [2.24, 2.45) is 0 Å². The maximum Gasteiger partial charge on any atom is 0.138 e. The highest BCUT2D eigenvalue weighted by Crippen LogP contribution is 2.13. The van der Waals surface area contributed by atoms with Crippen molar-refractivity contribution in [3.05, 3.63) is 67.0 Å². The maximum atomic E-state index is 4.09. The Labute approximate surface area is 111 Å². The summed E-state index contributed by atoms with van der Waals surface area (Å²) in [5.74, 6) is 0. The van der Waals surface area contributed by atoms with Crippen LogP contribution in [0.5, 0.6) is 0 Å². The molecule has 0 aliphatic heterocycles. The molecule has 94 valence electrons. The molecule has 0 atom stereocenters. The monoisotopic (exact) mass is 251 g/mol. The molecule has 0 unspecified atom stereocenters. The topological polar surface area (TPSA) is 55.6 Å². The summed E-state index contributed by atoms with van der Waals surface area (Å²) in [5, 5.41) is 7.45. The highest BCUT2D eigenvalue weighted by molar-refractivity contribution is 5.48. The van der Waals surface area contributed by atoms with Crippen LogP contribution in [-0.4, -0.2) is 19.7 Å². The van der Waals surface area contributed by atoms with Crippen LogP contribution in [-0.2, 0) is 6.54 Å². The first-order valence-corrected chi connectivity index (χ1v) is 6.00. The predicted molar refractivity (Wildman–Crippen MR) is 72.9 cm³/mol. The van der Waals surface area contributed by atoms with Crippen LogP contribution in [0, 0.1) is 0 Å². The zero-order chi connectivity index (χ0) is 12.9. The minimum atomic E-state index is 0.783. The quantitative estimate of drug-likeness (QED) is 0.773. The third kappa shape index (κ3) is 2.77. The fraction of sp³-hybridized carbons (Fsp3) is 0.0714. The number of aromatic nitrogens is 4. The zero-order valence-electron chi connectivity index (χ0n) is 10.3. The number of pyridine rings is 1. The van der Waals surface area contributed by atoms with Crippen LogP contribution in [0.3, 0.4) is 0 Å². The lowest BCUT2D eigenvalue weighted by molar-refractivity contribution is 0.879. The Kier molecular flexibility index (Phi) is 3.18. The van der Waals surface area contributed by atoms with Crippen LogP contribution in [0.4, 0.5) is 5.69 Å². The fourth-order valence-electron chi connectivity index (χ4n) is 1.78. The molecule has 0 aliphatic rings. The molecule has 0 radical (unpaired) electrons. The standard InChI is InChI=1S/C14H13N5/c1-3-14(19-11-16-10-18-19)4-2-13(1)17-9-12-5-7-15-8-6-12/h1-8,10-11,17H,9H2. The van der Waals surface area contributed by atoms with E-state index in [4.69, 9.17) is 0 Å². The molecule has 3 rings (SSSR count). The number of anilines is 1. The molecule has 5 nitrogen and oxygen atoms in total. The molecule has 1 N–H and O–H groups in total. The van der Waals surface area contributed by atoms with Gasteiger partial charge in [-0.1, -0.05) is 0 Å². The SMILES string of the molecule is c1cc(CNc2ccc(-n3cncn3)cc2)ccn1. The molecule has 2 heterocycles. The molecule has 0 bridgehead atoms. The van der Waals surface area contributed by atoms with E-state index in [1.165, 1.54) is 11.9 Å². The van der Waals surface area contributed by atoms with E-state index < -0.39 is 0 Å². The van der Waals surface area contributed by atoms with Crippen molar-refractivity contribution in [2.75, 3.05) is 5.32 Å². The minimum Gasteiger partial charge on any atom is -0.381 e. The Balaban J connectivity index is 1.67. The molecular weight excluding hydrogens is 238 g/mol. The van der Waals surface area contributed by atoms with Gasteiger partial charge in [0.05, 0.1) is 5.69 Å². The predicted octanol–water partition coefficient (Wildman–Crippen LogP) is 2.27. The summed E-state index contributed by atoms with van der Waals surface area (Å²) in [5.41, 5.74) is 3.27. The summed E-state index contributed by atoms with van der Waals surface area (Å²) in [6, 6.07) is 12.1. The molecule has 0 amide bonds. The number of hydrogen-bond donors (Lipinski definition) is 1. The first-order chi connectivity index (χ1) is 9.42. The Morgan fingerprint density at radius 2 is 1.74 bits per heavy atom. The second-order valence-corrected chi connectivity index (χ2v) is 4.10. The molecule has 0 saturated carbocycles. The lowest BCUT2D eigenvalue weighted by atomic mass is 10.2. The maximum absolute atomic E-state index is 4.09. The number of nitrogens with one attached hydrogen (secondary N) is 1. The van der Waals surface area contributed by atoms with E-state index >= 15 is 0 Å². The van der Waals surface area contributed by atoms with Crippen LogP contribution in [0.2, 0.25) is 0 Å². The Bertz CT molecular complexity index is 617. The van der Waals surface area contributed by atoms with E-state index in [1.54, 1.807) is 23.4 Å². The van der Waals surface area contributed by atoms with Crippen LogP contribution in [0.15, 0.2) is 61.4 Å². The second-order valence-electron chi connectivity index (χ2n) is 4.10. The van der Waals surface area contributed by atoms with Gasteiger partial charge in [0.25, 0.3) is 0 Å². The van der Waals surface area contributed by atoms with Crippen molar-refractivity contribution < 1.29 is 0 Å². The number of nitrogens with zero attached hydrogens (tertiary/aromatic N) is 4. The van der Waals surface area contributed by atoms with E-state index in [2.05, 4.69) is 20.4 Å². The van der Waals surface area contributed by atoms with E-state index in [1.807, 2.05) is 36.4 Å². The van der Waals surface area contributed by atoms with Crippen LogP contribution >= 0.6 is 0 Å². The van der Waals surface area contributed by atoms with E-state index in [0.29, 0.717) is 0 Å². The number of hydrogen-bond acceptors (Lipinski definition) is 4. The highest BCUT2D eigenvalue weighted by atomic mass is 15.3. The van der Waals surface area contributed by atoms with Crippen molar-refractivity contribution >= 4 is 5.69 Å². The van der Waals surface area contributed by atoms with Crippen LogP contribution in [0.25, 0.3) is 5.69 Å². The first-order valence-electron chi connectivity index (χ1n) is 6.00. The molecule has 0 fully saturated rings. The largest absolute Gasteiger partial charge is 0.381 e. The zero-order valence-corrected chi connectivity index (χ0v) is 10.3. The summed E-state index contributed by atoms with van der Waals surface area (Å²) in [6.45, 7) is 0.783. The summed E-state index contributed by atoms with van der Waals surface area (Å²) < 4.78 is 1.73. The van der Waals surface area contributed by atoms with Crippen molar-refractivity contribution in [1.82, 2.24) is 19.7 Å². The molecule has 0 saturated heterocycles. The van der Waals surface area contributed by atoms with Crippen molar-refractivity contribution in [2.45, 2.75) is 6.54 Å². The third-order valence-corrected chi connectivity index (χ3v) is 2.80. The normalized spacial score (nSPS) is 10.3. The fourth-order valence-corrected chi connectivity index (χ4v) is 1.78. The van der Waals surface area contributed by atoms with Gasteiger partial charge in [0.1, 0.15) is 12.7 Å². The smallest absolute Gasteiger partial charge is 0.138 e. The van der Waals surface area contributed by atoms with Gasteiger partial charge in [-0.05, 0) is 42.0 Å². The van der Waals surface area contributed by atoms with Crippen molar-refractivity contribution in [3.8, 4) is 5.69 Å². The lowest BCUT2D eigenvalue weighted by Gasteiger charge is -2.07. The highest BCUT2D eigenvalue weighted by Gasteiger charge is 1.97. The van der Waals surface area contributed by atoms with E-state index in [0.717, 1.165) is 17.9 Å². The van der Waals surface area contributed by atoms with Crippen molar-refractivity contribution in [3.63, 3.8) is 0 Å². The van der Waals surface area contributed by atoms with Gasteiger partial charge in [0.15, 0.2) is 0 Å². The Morgan fingerprint density at radius 3 is 2.42 bits per heavy atom. The van der Waals surface area contributed by atoms with Gasteiger partial charge in [-0.2, -0.15) is 5.10 Å². The Hall–Kier alpha value is -2.69. The lowest BCUT2D eigenvalue weighted by Crippen LogP contribution is -2.00. The van der Waals surface area contributed by atoms with E-state index in [-0.39, 0.29) is 0 Å². The van der Waals surface area contributed by atoms with Crippen molar-refractivity contribution in [1.29, 1.82) is 0 Å². The van der Waals surface area contributed by atoms with Crippen LogP contribution < -0.4 is 5.32 Å². The van der Waals surface area contributed by atoms with Gasteiger partial charge in [0, 0.05) is 24.6 Å². The minimum absolute atomic E-state index is 0.783. The van der Waals surface area contributed by atoms with Gasteiger partial charge >= 0.3 is 0 Å². The van der Waals surface area contributed by atoms with E-state index in [9.17, 15) is 0 Å². The second kappa shape index (κ2) is 5.30. The molecule has 5 heteroatoms. The molecular formula is C14H13N5. The van der Waals surface area contributed by atoms with Gasteiger partial charge in [-0.15, -0.1) is 0 Å². The summed E-state index contributed by atoms with van der Waals surface area (Å²) in [6.07, 6.45) is 6.80. The molecule has 19 heavy (non-hydrogen) atoms. The number of benzene rings is 1. The molecule has 0 spiro atoms. The van der Waals surface area contributed by atoms with Gasteiger partial charge in [-0.25, -0.2) is 9.67 Å². The molecule has 2 aromatic heterocycles. The first kappa shape index (κ1) is 11.4. The number of rotatable bonds is 4. The van der Waals surface area contributed by atoms with Gasteiger partial charge in [0.2, 0.25) is 0 Å². The van der Waals surface area contributed by atoms with Gasteiger partial charge < -0.3 is 5.32 Å². The average molecular weight is 251 g/mol. The Morgan fingerprint density at radius 1 is 0.947 bits per heavy atom. The molecule has 3 aromatic rings. The molecule has 0 aliphatic carbocycles. The third-order valence-electron chi connectivity index (χ3n) is 2.80. The average Bonchev–Trinajstić information content (AvgIpc) is 3.01. The summed E-state index contributed by atoms with van der Waals surface area (Å²) >= 11 is 0.